The maximum Gasteiger partial charge on any atom is 0.416 e. The van der Waals surface area contributed by atoms with Gasteiger partial charge in [-0.2, -0.15) is 13.2 Å². The van der Waals surface area contributed by atoms with Crippen LogP contribution in [0.2, 0.25) is 0 Å². The number of aromatic hydroxyl groups is 1. The Morgan fingerprint density at radius 2 is 2.00 bits per heavy atom. The maximum absolute atomic E-state index is 12.9. The quantitative estimate of drug-likeness (QED) is 0.717. The molecule has 3 N–H and O–H groups in total. The van der Waals surface area contributed by atoms with E-state index in [-0.39, 0.29) is 23.5 Å². The van der Waals surface area contributed by atoms with Crippen LogP contribution in [0.1, 0.15) is 55.1 Å². The molecular formula is C19H21F3N4O3. The van der Waals surface area contributed by atoms with Gasteiger partial charge in [-0.1, -0.05) is 19.3 Å². The Balaban J connectivity index is 1.90. The molecule has 0 saturated heterocycles. The van der Waals surface area contributed by atoms with Gasteiger partial charge in [-0.05, 0) is 37.8 Å². The summed E-state index contributed by atoms with van der Waals surface area (Å²) in [6, 6.07) is 1.29. The van der Waals surface area contributed by atoms with Crippen LogP contribution in [0.25, 0.3) is 11.5 Å². The van der Waals surface area contributed by atoms with Crippen LogP contribution in [0, 0.1) is 5.92 Å². The van der Waals surface area contributed by atoms with Crippen molar-refractivity contribution >= 4 is 5.91 Å². The summed E-state index contributed by atoms with van der Waals surface area (Å²) in [6.45, 7) is 1.84. The lowest BCUT2D eigenvalue weighted by Crippen LogP contribution is -2.39. The molecule has 2 aromatic heterocycles. The Labute approximate surface area is 164 Å². The molecule has 1 aliphatic carbocycles. The zero-order valence-electron chi connectivity index (χ0n) is 15.7. The Bertz CT molecular complexity index is 952. The zero-order valence-corrected chi connectivity index (χ0v) is 15.7. The van der Waals surface area contributed by atoms with Crippen molar-refractivity contribution in [3.05, 3.63) is 39.9 Å². The van der Waals surface area contributed by atoms with Crippen LogP contribution in [0.4, 0.5) is 13.2 Å². The molecule has 10 heteroatoms. The Morgan fingerprint density at radius 1 is 1.31 bits per heavy atom. The van der Waals surface area contributed by atoms with Gasteiger partial charge in [-0.15, -0.1) is 0 Å². The second-order valence-corrected chi connectivity index (χ2v) is 7.20. The number of pyridine rings is 1. The van der Waals surface area contributed by atoms with Crippen LogP contribution in [0.15, 0.2) is 23.1 Å². The standard InChI is InChI=1S/C19H21F3N4O3/c1-10(11-5-3-2-4-6-11)24-17(28)14-15(27)18(29)26-16(25-14)13-9-12(7-8-23-13)19(20,21)22/h7-11,27H,2-6H2,1H3,(H,24,28)(H,25,26,29)/t10-/m0/s1. The number of carbonyl (C=O) groups excluding carboxylic acids is 1. The molecule has 1 atom stereocenters. The molecule has 1 saturated carbocycles. The molecule has 0 spiro atoms. The average Bonchev–Trinajstić information content (AvgIpc) is 2.70. The molecule has 2 aromatic rings. The van der Waals surface area contributed by atoms with Gasteiger partial charge in [0.05, 0.1) is 5.56 Å². The highest BCUT2D eigenvalue weighted by molar-refractivity contribution is 5.95. The summed E-state index contributed by atoms with van der Waals surface area (Å²) in [5.41, 5.74) is -2.84. The predicted molar refractivity (Wildman–Crippen MR) is 98.3 cm³/mol. The Kier molecular flexibility index (Phi) is 5.90. The smallest absolute Gasteiger partial charge is 0.416 e. The van der Waals surface area contributed by atoms with Gasteiger partial charge in [0.25, 0.3) is 11.5 Å². The molecule has 1 fully saturated rings. The third kappa shape index (κ3) is 4.75. The molecular weight excluding hydrogens is 389 g/mol. The number of nitrogens with zero attached hydrogens (tertiary/aromatic N) is 2. The maximum atomic E-state index is 12.9. The second kappa shape index (κ2) is 8.22. The number of halogens is 3. The van der Waals surface area contributed by atoms with Crippen LogP contribution in [-0.2, 0) is 6.18 Å². The van der Waals surface area contributed by atoms with Crippen molar-refractivity contribution in [2.45, 2.75) is 51.2 Å². The predicted octanol–water partition coefficient (Wildman–Crippen LogP) is 3.25. The third-order valence-electron chi connectivity index (χ3n) is 5.16. The van der Waals surface area contributed by atoms with Crippen molar-refractivity contribution in [2.24, 2.45) is 5.92 Å². The van der Waals surface area contributed by atoms with Gasteiger partial charge in [-0.3, -0.25) is 14.6 Å². The van der Waals surface area contributed by atoms with Gasteiger partial charge in [0.2, 0.25) is 5.75 Å². The number of rotatable bonds is 4. The largest absolute Gasteiger partial charge is 0.501 e. The molecule has 1 amide bonds. The minimum absolute atomic E-state index is 0.196. The average molecular weight is 410 g/mol. The zero-order chi connectivity index (χ0) is 21.2. The van der Waals surface area contributed by atoms with E-state index in [1.165, 1.54) is 0 Å². The molecule has 3 rings (SSSR count). The van der Waals surface area contributed by atoms with Crippen molar-refractivity contribution < 1.29 is 23.1 Å². The number of H-pyrrole nitrogens is 1. The lowest BCUT2D eigenvalue weighted by molar-refractivity contribution is -0.137. The molecule has 0 aromatic carbocycles. The van der Waals surface area contributed by atoms with E-state index in [2.05, 4.69) is 20.3 Å². The lowest BCUT2D eigenvalue weighted by Gasteiger charge is -2.28. The second-order valence-electron chi connectivity index (χ2n) is 7.20. The summed E-state index contributed by atoms with van der Waals surface area (Å²) in [5, 5.41) is 12.7. The summed E-state index contributed by atoms with van der Waals surface area (Å²) in [5.74, 6) is -1.72. The van der Waals surface area contributed by atoms with Crippen molar-refractivity contribution in [1.29, 1.82) is 0 Å². The van der Waals surface area contributed by atoms with E-state index in [4.69, 9.17) is 0 Å². The summed E-state index contributed by atoms with van der Waals surface area (Å²) in [6.07, 6.45) is 1.56. The molecule has 7 nitrogen and oxygen atoms in total. The molecule has 0 bridgehead atoms. The fourth-order valence-corrected chi connectivity index (χ4v) is 3.51. The number of aromatic nitrogens is 3. The van der Waals surface area contributed by atoms with Crippen molar-refractivity contribution in [1.82, 2.24) is 20.3 Å². The number of hydrogen-bond acceptors (Lipinski definition) is 5. The number of amides is 1. The van der Waals surface area contributed by atoms with E-state index in [1.54, 1.807) is 0 Å². The highest BCUT2D eigenvalue weighted by atomic mass is 19.4. The van der Waals surface area contributed by atoms with E-state index in [1.807, 2.05) is 6.92 Å². The first-order valence-corrected chi connectivity index (χ1v) is 9.34. The minimum atomic E-state index is -4.61. The van der Waals surface area contributed by atoms with E-state index >= 15 is 0 Å². The Morgan fingerprint density at radius 3 is 2.66 bits per heavy atom. The molecule has 0 aliphatic heterocycles. The fraction of sp³-hybridized carbons (Fsp3) is 0.474. The van der Waals surface area contributed by atoms with Gasteiger partial charge >= 0.3 is 6.18 Å². The number of aromatic amines is 1. The fourth-order valence-electron chi connectivity index (χ4n) is 3.51. The van der Waals surface area contributed by atoms with E-state index < -0.39 is 34.6 Å². The SMILES string of the molecule is C[C@H](NC(=O)c1nc(-c2cc(C(F)(F)F)ccn2)[nH]c(=O)c1O)C1CCCCC1. The van der Waals surface area contributed by atoms with Gasteiger partial charge in [0.15, 0.2) is 11.5 Å². The molecule has 0 unspecified atom stereocenters. The normalized spacial score (nSPS) is 16.4. The van der Waals surface area contributed by atoms with Crippen molar-refractivity contribution in [3.8, 4) is 17.3 Å². The van der Waals surface area contributed by atoms with Crippen LogP contribution in [-0.4, -0.2) is 32.0 Å². The van der Waals surface area contributed by atoms with Gasteiger partial charge in [-0.25, -0.2) is 4.98 Å². The lowest BCUT2D eigenvalue weighted by atomic mass is 9.84. The number of hydrogen-bond donors (Lipinski definition) is 3. The molecule has 156 valence electrons. The van der Waals surface area contributed by atoms with E-state index in [0.29, 0.717) is 6.07 Å². The molecule has 29 heavy (non-hydrogen) atoms. The van der Waals surface area contributed by atoms with E-state index in [0.717, 1.165) is 44.4 Å². The third-order valence-corrected chi connectivity index (χ3v) is 5.16. The molecule has 0 radical (unpaired) electrons. The van der Waals surface area contributed by atoms with Crippen LogP contribution in [0.5, 0.6) is 5.75 Å². The van der Waals surface area contributed by atoms with Crippen LogP contribution >= 0.6 is 0 Å². The highest BCUT2D eigenvalue weighted by Gasteiger charge is 2.31. The van der Waals surface area contributed by atoms with Gasteiger partial charge in [0, 0.05) is 12.2 Å². The number of alkyl halides is 3. The van der Waals surface area contributed by atoms with Gasteiger partial charge < -0.3 is 15.4 Å². The van der Waals surface area contributed by atoms with E-state index in [9.17, 15) is 27.9 Å². The van der Waals surface area contributed by atoms with Crippen LogP contribution in [0.3, 0.4) is 0 Å². The topological polar surface area (TPSA) is 108 Å². The van der Waals surface area contributed by atoms with Crippen molar-refractivity contribution in [2.75, 3.05) is 0 Å². The highest BCUT2D eigenvalue weighted by Crippen LogP contribution is 2.30. The van der Waals surface area contributed by atoms with Crippen molar-refractivity contribution in [3.63, 3.8) is 0 Å². The van der Waals surface area contributed by atoms with Gasteiger partial charge in [0.1, 0.15) is 5.69 Å². The monoisotopic (exact) mass is 410 g/mol. The summed E-state index contributed by atoms with van der Waals surface area (Å²) < 4.78 is 38.8. The first-order valence-electron chi connectivity index (χ1n) is 9.34. The minimum Gasteiger partial charge on any atom is -0.501 e. The molecule has 1 aliphatic rings. The summed E-state index contributed by atoms with van der Waals surface area (Å²) >= 11 is 0. The first kappa shape index (κ1) is 20.8. The summed E-state index contributed by atoms with van der Waals surface area (Å²) in [7, 11) is 0. The molecule has 2 heterocycles. The Hall–Kier alpha value is -2.91. The summed E-state index contributed by atoms with van der Waals surface area (Å²) in [4.78, 5) is 34.4. The number of nitrogens with one attached hydrogen (secondary N) is 2. The number of carbonyl (C=O) groups is 1. The van der Waals surface area contributed by atoms with Crippen LogP contribution < -0.4 is 10.9 Å². The first-order chi connectivity index (χ1) is 13.7.